The first-order chi connectivity index (χ1) is 12.8. The fourth-order valence-electron chi connectivity index (χ4n) is 2.91. The maximum absolute atomic E-state index is 12.3. The lowest BCUT2D eigenvalue weighted by molar-refractivity contribution is 0.0954. The van der Waals surface area contributed by atoms with E-state index in [0.717, 1.165) is 28.7 Å². The fraction of sp³-hybridized carbons (Fsp3) is 0.0952. The molecule has 0 aliphatic heterocycles. The number of para-hydroxylation sites is 2. The predicted octanol–water partition coefficient (Wildman–Crippen LogP) is 3.39. The summed E-state index contributed by atoms with van der Waals surface area (Å²) < 4.78 is 2.01. The Bertz CT molecular complexity index is 1020. The molecule has 4 aromatic rings. The molecule has 2 aromatic carbocycles. The number of benzene rings is 2. The molecular formula is C21H18N4O. The third-order valence-corrected chi connectivity index (χ3v) is 4.28. The van der Waals surface area contributed by atoms with Gasteiger partial charge < -0.3 is 5.32 Å². The number of nitrogens with one attached hydrogen (secondary N) is 1. The molecule has 5 nitrogen and oxygen atoms in total. The first kappa shape index (κ1) is 16.0. The van der Waals surface area contributed by atoms with Gasteiger partial charge in [-0.15, -0.1) is 0 Å². The number of carbonyl (C=O) groups excluding carboxylic acids is 1. The Labute approximate surface area is 151 Å². The van der Waals surface area contributed by atoms with Crippen LogP contribution in [0.25, 0.3) is 16.7 Å². The summed E-state index contributed by atoms with van der Waals surface area (Å²) >= 11 is 0. The summed E-state index contributed by atoms with van der Waals surface area (Å²) in [6.07, 6.45) is 6.12. The third kappa shape index (κ3) is 3.32. The van der Waals surface area contributed by atoms with Gasteiger partial charge in [0.15, 0.2) is 0 Å². The second-order valence-electron chi connectivity index (χ2n) is 6.02. The van der Waals surface area contributed by atoms with Crippen LogP contribution in [0.15, 0.2) is 79.4 Å². The summed E-state index contributed by atoms with van der Waals surface area (Å²) in [5, 5.41) is 2.95. The Hall–Kier alpha value is -3.47. The van der Waals surface area contributed by atoms with Crippen molar-refractivity contribution in [1.82, 2.24) is 19.9 Å². The second-order valence-corrected chi connectivity index (χ2v) is 6.02. The highest BCUT2D eigenvalue weighted by atomic mass is 16.1. The molecular weight excluding hydrogens is 324 g/mol. The van der Waals surface area contributed by atoms with Gasteiger partial charge in [-0.3, -0.25) is 14.3 Å². The van der Waals surface area contributed by atoms with Gasteiger partial charge in [-0.1, -0.05) is 18.2 Å². The van der Waals surface area contributed by atoms with Crippen LogP contribution in [-0.2, 0) is 6.42 Å². The number of rotatable bonds is 5. The molecule has 1 amide bonds. The van der Waals surface area contributed by atoms with Crippen molar-refractivity contribution < 1.29 is 4.79 Å². The Morgan fingerprint density at radius 1 is 1.00 bits per heavy atom. The monoisotopic (exact) mass is 342 g/mol. The first-order valence-electron chi connectivity index (χ1n) is 8.51. The van der Waals surface area contributed by atoms with E-state index in [9.17, 15) is 4.79 Å². The minimum absolute atomic E-state index is 0.0732. The van der Waals surface area contributed by atoms with Gasteiger partial charge in [0.05, 0.1) is 11.0 Å². The third-order valence-electron chi connectivity index (χ3n) is 4.28. The molecule has 0 aliphatic rings. The molecule has 4 rings (SSSR count). The molecule has 2 heterocycles. The molecule has 2 aromatic heterocycles. The van der Waals surface area contributed by atoms with E-state index >= 15 is 0 Å². The van der Waals surface area contributed by atoms with E-state index in [2.05, 4.69) is 15.3 Å². The second kappa shape index (κ2) is 7.19. The van der Waals surface area contributed by atoms with Crippen LogP contribution in [0.3, 0.4) is 0 Å². The topological polar surface area (TPSA) is 59.8 Å². The van der Waals surface area contributed by atoms with Crippen LogP contribution in [0.2, 0.25) is 0 Å². The molecule has 5 heteroatoms. The van der Waals surface area contributed by atoms with Crippen LogP contribution in [0.1, 0.15) is 15.9 Å². The summed E-state index contributed by atoms with van der Waals surface area (Å²) in [6, 6.07) is 19.4. The maximum atomic E-state index is 12.3. The Morgan fingerprint density at radius 2 is 1.85 bits per heavy atom. The Morgan fingerprint density at radius 3 is 2.65 bits per heavy atom. The van der Waals surface area contributed by atoms with E-state index < -0.39 is 0 Å². The summed E-state index contributed by atoms with van der Waals surface area (Å²) in [5.41, 5.74) is 4.72. The van der Waals surface area contributed by atoms with Crippen molar-refractivity contribution in [3.63, 3.8) is 0 Å². The van der Waals surface area contributed by atoms with E-state index in [4.69, 9.17) is 0 Å². The molecule has 1 N–H and O–H groups in total. The fourth-order valence-corrected chi connectivity index (χ4v) is 2.91. The van der Waals surface area contributed by atoms with Crippen molar-refractivity contribution in [3.05, 3.63) is 90.5 Å². The molecule has 0 saturated carbocycles. The summed E-state index contributed by atoms with van der Waals surface area (Å²) in [7, 11) is 0. The lowest BCUT2D eigenvalue weighted by atomic mass is 10.1. The summed E-state index contributed by atoms with van der Waals surface area (Å²) in [5.74, 6) is -0.0732. The van der Waals surface area contributed by atoms with Crippen molar-refractivity contribution in [2.45, 2.75) is 6.42 Å². The molecule has 0 spiro atoms. The number of hydrogen-bond acceptors (Lipinski definition) is 3. The highest BCUT2D eigenvalue weighted by Gasteiger charge is 2.07. The highest BCUT2D eigenvalue weighted by Crippen LogP contribution is 2.18. The summed E-state index contributed by atoms with van der Waals surface area (Å²) in [6.45, 7) is 0.582. The zero-order valence-electron chi connectivity index (χ0n) is 14.2. The van der Waals surface area contributed by atoms with Gasteiger partial charge in [-0.25, -0.2) is 4.98 Å². The molecule has 0 radical (unpaired) electrons. The van der Waals surface area contributed by atoms with Crippen molar-refractivity contribution in [2.24, 2.45) is 0 Å². The molecule has 128 valence electrons. The minimum Gasteiger partial charge on any atom is -0.352 e. The smallest absolute Gasteiger partial charge is 0.251 e. The molecule has 26 heavy (non-hydrogen) atoms. The number of aromatic nitrogens is 3. The van der Waals surface area contributed by atoms with Crippen molar-refractivity contribution >= 4 is 16.9 Å². The van der Waals surface area contributed by atoms with E-state index in [1.807, 2.05) is 71.4 Å². The van der Waals surface area contributed by atoms with Crippen LogP contribution < -0.4 is 5.32 Å². The van der Waals surface area contributed by atoms with Crippen LogP contribution in [-0.4, -0.2) is 27.0 Å². The van der Waals surface area contributed by atoms with Gasteiger partial charge in [-0.2, -0.15) is 0 Å². The van der Waals surface area contributed by atoms with Crippen LogP contribution >= 0.6 is 0 Å². The van der Waals surface area contributed by atoms with Gasteiger partial charge in [0, 0.05) is 30.2 Å². The van der Waals surface area contributed by atoms with Crippen LogP contribution in [0.5, 0.6) is 0 Å². The lowest BCUT2D eigenvalue weighted by Crippen LogP contribution is -2.25. The normalized spacial score (nSPS) is 10.8. The number of amides is 1. The maximum Gasteiger partial charge on any atom is 0.251 e. The Kier molecular flexibility index (Phi) is 4.43. The highest BCUT2D eigenvalue weighted by molar-refractivity contribution is 5.94. The van der Waals surface area contributed by atoms with Crippen molar-refractivity contribution in [3.8, 4) is 5.69 Å². The van der Waals surface area contributed by atoms with Crippen molar-refractivity contribution in [1.29, 1.82) is 0 Å². The standard InChI is InChI=1S/C21H18N4O/c26-21(23-13-11-16-4-3-12-22-14-16)17-7-9-18(10-8-17)25-15-24-19-5-1-2-6-20(19)25/h1-10,12,14-15H,11,13H2,(H,23,26). The Balaban J connectivity index is 1.43. The molecule has 0 saturated heterocycles. The van der Waals surface area contributed by atoms with E-state index in [-0.39, 0.29) is 5.91 Å². The number of pyridine rings is 1. The number of nitrogens with zero attached hydrogens (tertiary/aromatic N) is 3. The molecule has 0 aliphatic carbocycles. The van der Waals surface area contributed by atoms with E-state index in [1.54, 1.807) is 12.5 Å². The summed E-state index contributed by atoms with van der Waals surface area (Å²) in [4.78, 5) is 20.8. The quantitative estimate of drug-likeness (QED) is 0.605. The first-order valence-corrected chi connectivity index (χ1v) is 8.51. The molecule has 0 unspecified atom stereocenters. The van der Waals surface area contributed by atoms with Crippen LogP contribution in [0.4, 0.5) is 0 Å². The largest absolute Gasteiger partial charge is 0.352 e. The zero-order chi connectivity index (χ0) is 17.8. The average Bonchev–Trinajstić information content (AvgIpc) is 3.13. The van der Waals surface area contributed by atoms with E-state index in [1.165, 1.54) is 0 Å². The van der Waals surface area contributed by atoms with Gasteiger partial charge in [0.1, 0.15) is 6.33 Å². The number of imidazole rings is 1. The number of carbonyl (C=O) groups is 1. The number of fused-ring (bicyclic) bond motifs is 1. The van der Waals surface area contributed by atoms with E-state index in [0.29, 0.717) is 12.1 Å². The number of hydrogen-bond donors (Lipinski definition) is 1. The molecule has 0 bridgehead atoms. The molecule has 0 fully saturated rings. The van der Waals surface area contributed by atoms with Gasteiger partial charge >= 0.3 is 0 Å². The minimum atomic E-state index is -0.0732. The zero-order valence-corrected chi connectivity index (χ0v) is 14.2. The van der Waals surface area contributed by atoms with Crippen LogP contribution in [0, 0.1) is 0 Å². The predicted molar refractivity (Wildman–Crippen MR) is 101 cm³/mol. The lowest BCUT2D eigenvalue weighted by Gasteiger charge is -2.07. The van der Waals surface area contributed by atoms with Gasteiger partial charge in [-0.05, 0) is 54.4 Å². The van der Waals surface area contributed by atoms with Gasteiger partial charge in [0.25, 0.3) is 5.91 Å². The molecule has 0 atom stereocenters. The van der Waals surface area contributed by atoms with Crippen molar-refractivity contribution in [2.75, 3.05) is 6.54 Å². The average molecular weight is 342 g/mol. The SMILES string of the molecule is O=C(NCCc1cccnc1)c1ccc(-n2cnc3ccccc32)cc1. The van der Waals surface area contributed by atoms with Gasteiger partial charge in [0.2, 0.25) is 0 Å².